The summed E-state index contributed by atoms with van der Waals surface area (Å²) in [7, 11) is 3.94. The van der Waals surface area contributed by atoms with Gasteiger partial charge in [0.15, 0.2) is 0 Å². The van der Waals surface area contributed by atoms with Crippen LogP contribution in [0.1, 0.15) is 42.2 Å². The molecule has 0 fully saturated rings. The SMILES string of the molecule is CN(C)c1cccc(CNC(=O)c2cccc(CN3C(=O)c4ccccc4C3=O)c2)c1. The fourth-order valence-electron chi connectivity index (χ4n) is 3.61. The van der Waals surface area contributed by atoms with Gasteiger partial charge in [-0.3, -0.25) is 19.3 Å². The van der Waals surface area contributed by atoms with E-state index in [0.717, 1.165) is 16.8 Å². The van der Waals surface area contributed by atoms with Crippen LogP contribution in [-0.4, -0.2) is 36.7 Å². The first kappa shape index (κ1) is 20.3. The van der Waals surface area contributed by atoms with Gasteiger partial charge in [-0.2, -0.15) is 0 Å². The van der Waals surface area contributed by atoms with Crippen LogP contribution < -0.4 is 10.2 Å². The molecule has 6 heteroatoms. The van der Waals surface area contributed by atoms with Crippen molar-refractivity contribution in [3.63, 3.8) is 0 Å². The standard InChI is InChI=1S/C25H23N3O3/c1-27(2)20-10-6-7-17(14-20)15-26-23(29)19-9-5-8-18(13-19)16-28-24(30)21-11-3-4-12-22(21)25(28)31/h3-14H,15-16H2,1-2H3,(H,26,29). The average molecular weight is 413 g/mol. The number of nitrogens with zero attached hydrogens (tertiary/aromatic N) is 2. The van der Waals surface area contributed by atoms with Crippen molar-refractivity contribution >= 4 is 23.4 Å². The topological polar surface area (TPSA) is 69.7 Å². The second kappa shape index (κ2) is 8.44. The predicted octanol–water partition coefficient (Wildman–Crippen LogP) is 3.48. The van der Waals surface area contributed by atoms with E-state index in [0.29, 0.717) is 23.2 Å². The van der Waals surface area contributed by atoms with E-state index in [2.05, 4.69) is 5.32 Å². The van der Waals surface area contributed by atoms with Crippen LogP contribution in [0.2, 0.25) is 0 Å². The van der Waals surface area contributed by atoms with E-state index in [-0.39, 0.29) is 24.3 Å². The molecule has 1 N–H and O–H groups in total. The van der Waals surface area contributed by atoms with Gasteiger partial charge in [0.25, 0.3) is 17.7 Å². The molecular formula is C25H23N3O3. The predicted molar refractivity (Wildman–Crippen MR) is 119 cm³/mol. The molecule has 1 heterocycles. The highest BCUT2D eigenvalue weighted by atomic mass is 16.2. The molecule has 4 rings (SSSR count). The zero-order valence-corrected chi connectivity index (χ0v) is 17.5. The van der Waals surface area contributed by atoms with Crippen molar-refractivity contribution < 1.29 is 14.4 Å². The van der Waals surface area contributed by atoms with Crippen molar-refractivity contribution in [2.24, 2.45) is 0 Å². The van der Waals surface area contributed by atoms with E-state index >= 15 is 0 Å². The van der Waals surface area contributed by atoms with Gasteiger partial charge in [0.05, 0.1) is 17.7 Å². The lowest BCUT2D eigenvalue weighted by molar-refractivity contribution is 0.0642. The third-order valence-corrected chi connectivity index (χ3v) is 5.29. The normalized spacial score (nSPS) is 12.6. The van der Waals surface area contributed by atoms with Gasteiger partial charge in [0.1, 0.15) is 0 Å². The first-order chi connectivity index (χ1) is 14.9. The second-order valence-corrected chi connectivity index (χ2v) is 7.69. The van der Waals surface area contributed by atoms with Gasteiger partial charge in [-0.15, -0.1) is 0 Å². The van der Waals surface area contributed by atoms with E-state index in [9.17, 15) is 14.4 Å². The van der Waals surface area contributed by atoms with Crippen LogP contribution in [0.15, 0.2) is 72.8 Å². The molecule has 0 aromatic heterocycles. The van der Waals surface area contributed by atoms with Gasteiger partial charge in [-0.25, -0.2) is 0 Å². The lowest BCUT2D eigenvalue weighted by Gasteiger charge is -2.15. The monoisotopic (exact) mass is 413 g/mol. The summed E-state index contributed by atoms with van der Waals surface area (Å²) in [4.78, 5) is 41.1. The van der Waals surface area contributed by atoms with Gasteiger partial charge in [0, 0.05) is 31.9 Å². The number of amides is 3. The number of anilines is 1. The Morgan fingerprint density at radius 3 is 2.16 bits per heavy atom. The van der Waals surface area contributed by atoms with Crippen LogP contribution in [0.5, 0.6) is 0 Å². The van der Waals surface area contributed by atoms with Crippen LogP contribution in [0.4, 0.5) is 5.69 Å². The summed E-state index contributed by atoms with van der Waals surface area (Å²) < 4.78 is 0. The number of carbonyl (C=O) groups excluding carboxylic acids is 3. The van der Waals surface area contributed by atoms with E-state index in [1.54, 1.807) is 48.5 Å². The number of benzene rings is 3. The van der Waals surface area contributed by atoms with Crippen LogP contribution in [0, 0.1) is 0 Å². The van der Waals surface area contributed by atoms with Gasteiger partial charge in [-0.05, 0) is 47.5 Å². The Bertz CT molecular complexity index is 1130. The lowest BCUT2D eigenvalue weighted by atomic mass is 10.1. The smallest absolute Gasteiger partial charge is 0.261 e. The Morgan fingerprint density at radius 2 is 1.48 bits per heavy atom. The maximum Gasteiger partial charge on any atom is 0.261 e. The van der Waals surface area contributed by atoms with Crippen LogP contribution in [0.25, 0.3) is 0 Å². The summed E-state index contributed by atoms with van der Waals surface area (Å²) in [6.07, 6.45) is 0. The number of rotatable bonds is 6. The maximum atomic E-state index is 12.7. The van der Waals surface area contributed by atoms with Crippen LogP contribution >= 0.6 is 0 Å². The molecule has 6 nitrogen and oxygen atoms in total. The van der Waals surface area contributed by atoms with Crippen molar-refractivity contribution in [1.82, 2.24) is 10.2 Å². The molecule has 3 aromatic carbocycles. The Balaban J connectivity index is 1.44. The highest BCUT2D eigenvalue weighted by Crippen LogP contribution is 2.24. The molecule has 0 unspecified atom stereocenters. The highest BCUT2D eigenvalue weighted by molar-refractivity contribution is 6.21. The Hall–Kier alpha value is -3.93. The first-order valence-corrected chi connectivity index (χ1v) is 10.0. The van der Waals surface area contributed by atoms with Crippen molar-refractivity contribution in [3.8, 4) is 0 Å². The van der Waals surface area contributed by atoms with Crippen molar-refractivity contribution in [1.29, 1.82) is 0 Å². The number of hydrogen-bond donors (Lipinski definition) is 1. The highest BCUT2D eigenvalue weighted by Gasteiger charge is 2.34. The molecular weight excluding hydrogens is 390 g/mol. The molecule has 3 amide bonds. The van der Waals surface area contributed by atoms with Crippen LogP contribution in [-0.2, 0) is 13.1 Å². The third-order valence-electron chi connectivity index (χ3n) is 5.29. The van der Waals surface area contributed by atoms with Crippen molar-refractivity contribution in [3.05, 3.63) is 101 Å². The Kier molecular flexibility index (Phi) is 5.54. The van der Waals surface area contributed by atoms with E-state index < -0.39 is 0 Å². The Labute approximate surface area is 181 Å². The lowest BCUT2D eigenvalue weighted by Crippen LogP contribution is -2.29. The molecule has 0 radical (unpaired) electrons. The molecule has 0 spiro atoms. The molecule has 0 bridgehead atoms. The average Bonchev–Trinajstić information content (AvgIpc) is 3.03. The molecule has 1 aliphatic heterocycles. The quantitative estimate of drug-likeness (QED) is 0.628. The fraction of sp³-hybridized carbons (Fsp3) is 0.160. The summed E-state index contributed by atoms with van der Waals surface area (Å²) in [6, 6.07) is 21.8. The van der Waals surface area contributed by atoms with E-state index in [4.69, 9.17) is 0 Å². The summed E-state index contributed by atoms with van der Waals surface area (Å²) in [6.45, 7) is 0.529. The molecule has 156 valence electrons. The van der Waals surface area contributed by atoms with Crippen LogP contribution in [0.3, 0.4) is 0 Å². The third kappa shape index (κ3) is 4.19. The van der Waals surface area contributed by atoms with Crippen molar-refractivity contribution in [2.75, 3.05) is 19.0 Å². The minimum absolute atomic E-state index is 0.123. The largest absolute Gasteiger partial charge is 0.378 e. The summed E-state index contributed by atoms with van der Waals surface area (Å²) >= 11 is 0. The molecule has 0 saturated carbocycles. The number of nitrogens with one attached hydrogen (secondary N) is 1. The first-order valence-electron chi connectivity index (χ1n) is 10.0. The zero-order chi connectivity index (χ0) is 22.0. The van der Waals surface area contributed by atoms with Crippen molar-refractivity contribution in [2.45, 2.75) is 13.1 Å². The summed E-state index contributed by atoms with van der Waals surface area (Å²) in [5.41, 5.74) is 4.11. The van der Waals surface area contributed by atoms with Gasteiger partial charge in [0.2, 0.25) is 0 Å². The number of hydrogen-bond acceptors (Lipinski definition) is 4. The second-order valence-electron chi connectivity index (χ2n) is 7.69. The zero-order valence-electron chi connectivity index (χ0n) is 17.5. The van der Waals surface area contributed by atoms with E-state index in [1.807, 2.05) is 43.3 Å². The molecule has 3 aromatic rings. The molecule has 0 aliphatic carbocycles. The fourth-order valence-corrected chi connectivity index (χ4v) is 3.61. The Morgan fingerprint density at radius 1 is 0.839 bits per heavy atom. The molecule has 31 heavy (non-hydrogen) atoms. The number of fused-ring (bicyclic) bond motifs is 1. The minimum Gasteiger partial charge on any atom is -0.378 e. The number of carbonyl (C=O) groups is 3. The van der Waals surface area contributed by atoms with E-state index in [1.165, 1.54) is 4.90 Å². The molecule has 0 atom stereocenters. The number of imide groups is 1. The molecule has 0 saturated heterocycles. The van der Waals surface area contributed by atoms with Gasteiger partial charge >= 0.3 is 0 Å². The summed E-state index contributed by atoms with van der Waals surface area (Å²) in [5, 5.41) is 2.93. The molecule has 1 aliphatic rings. The maximum absolute atomic E-state index is 12.7. The minimum atomic E-state index is -0.309. The van der Waals surface area contributed by atoms with Gasteiger partial charge < -0.3 is 10.2 Å². The summed E-state index contributed by atoms with van der Waals surface area (Å²) in [5.74, 6) is -0.827. The van der Waals surface area contributed by atoms with Gasteiger partial charge in [-0.1, -0.05) is 36.4 Å².